The minimum Gasteiger partial charge on any atom is -0.357 e. The Kier molecular flexibility index (Phi) is 5.35. The van der Waals surface area contributed by atoms with Crippen LogP contribution in [0.5, 0.6) is 0 Å². The fraction of sp³-hybridized carbons (Fsp3) is 0.444. The van der Waals surface area contributed by atoms with Crippen molar-refractivity contribution in [3.05, 3.63) is 40.7 Å². The van der Waals surface area contributed by atoms with Crippen molar-refractivity contribution in [3.63, 3.8) is 0 Å². The van der Waals surface area contributed by atoms with Gasteiger partial charge in [0.05, 0.1) is 17.9 Å². The zero-order valence-corrected chi connectivity index (χ0v) is 15.1. The Labute approximate surface area is 147 Å². The van der Waals surface area contributed by atoms with Gasteiger partial charge in [-0.25, -0.2) is 9.78 Å². The number of piperidine rings is 1. The van der Waals surface area contributed by atoms with Crippen LogP contribution in [0.4, 0.5) is 16.3 Å². The van der Waals surface area contributed by atoms with Gasteiger partial charge in [0.15, 0.2) is 0 Å². The Bertz CT molecular complexity index is 650. The number of hydrogen-bond acceptors (Lipinski definition) is 4. The Hall–Kier alpha value is -2.08. The molecule has 5 nitrogen and oxygen atoms in total. The molecule has 3 rings (SSSR count). The van der Waals surface area contributed by atoms with Crippen molar-refractivity contribution >= 4 is 28.9 Å². The Morgan fingerprint density at radius 3 is 2.71 bits per heavy atom. The lowest BCUT2D eigenvalue weighted by Crippen LogP contribution is -2.33. The lowest BCUT2D eigenvalue weighted by Gasteiger charge is -2.28. The number of urea groups is 1. The fourth-order valence-corrected chi connectivity index (χ4v) is 3.70. The van der Waals surface area contributed by atoms with Crippen molar-refractivity contribution in [2.75, 3.05) is 30.4 Å². The first kappa shape index (κ1) is 16.8. The van der Waals surface area contributed by atoms with Crippen LogP contribution in [0.15, 0.2) is 35.8 Å². The summed E-state index contributed by atoms with van der Waals surface area (Å²) in [5, 5.41) is 4.95. The van der Waals surface area contributed by atoms with Crippen molar-refractivity contribution in [1.29, 1.82) is 0 Å². The minimum atomic E-state index is -0.122. The number of nitrogens with zero attached hydrogens (tertiary/aromatic N) is 3. The Balaban J connectivity index is 1.59. The van der Waals surface area contributed by atoms with Gasteiger partial charge in [0.25, 0.3) is 0 Å². The van der Waals surface area contributed by atoms with E-state index in [2.05, 4.69) is 15.2 Å². The Morgan fingerprint density at radius 2 is 2.08 bits per heavy atom. The van der Waals surface area contributed by atoms with Crippen LogP contribution in [0, 0.1) is 0 Å². The molecule has 0 spiro atoms. The molecule has 0 aromatic carbocycles. The summed E-state index contributed by atoms with van der Waals surface area (Å²) in [5.41, 5.74) is 0.728. The molecule has 0 radical (unpaired) electrons. The SMILES string of the molecule is CC(c1cccs1)N(C)C(=O)Nc1ccc(N2CCCCC2)nc1. The summed E-state index contributed by atoms with van der Waals surface area (Å²) in [6.45, 7) is 4.17. The molecule has 1 aliphatic rings. The second-order valence-corrected chi connectivity index (χ2v) is 7.16. The van der Waals surface area contributed by atoms with Crippen molar-refractivity contribution < 1.29 is 4.79 Å². The van der Waals surface area contributed by atoms with E-state index in [9.17, 15) is 4.79 Å². The summed E-state index contributed by atoms with van der Waals surface area (Å²) in [6, 6.07) is 7.90. The van der Waals surface area contributed by atoms with E-state index in [-0.39, 0.29) is 12.1 Å². The van der Waals surface area contributed by atoms with E-state index in [1.807, 2.05) is 43.6 Å². The summed E-state index contributed by atoms with van der Waals surface area (Å²) in [6.07, 6.45) is 5.50. The summed E-state index contributed by atoms with van der Waals surface area (Å²) >= 11 is 1.66. The van der Waals surface area contributed by atoms with Gasteiger partial charge in [-0.2, -0.15) is 0 Å². The third kappa shape index (κ3) is 3.87. The van der Waals surface area contributed by atoms with Crippen LogP contribution in [0.3, 0.4) is 0 Å². The van der Waals surface area contributed by atoms with Gasteiger partial charge in [-0.1, -0.05) is 6.07 Å². The number of thiophene rings is 1. The highest BCUT2D eigenvalue weighted by Crippen LogP contribution is 2.24. The van der Waals surface area contributed by atoms with Crippen LogP contribution >= 0.6 is 11.3 Å². The van der Waals surface area contributed by atoms with Gasteiger partial charge >= 0.3 is 6.03 Å². The molecule has 1 atom stereocenters. The molecule has 0 saturated carbocycles. The molecule has 1 N–H and O–H groups in total. The number of anilines is 2. The van der Waals surface area contributed by atoms with Gasteiger partial charge in [-0.3, -0.25) is 0 Å². The second-order valence-electron chi connectivity index (χ2n) is 6.19. The first-order valence-electron chi connectivity index (χ1n) is 8.43. The van der Waals surface area contributed by atoms with E-state index in [4.69, 9.17) is 0 Å². The molecule has 1 saturated heterocycles. The molecule has 2 aromatic rings. The van der Waals surface area contributed by atoms with E-state index < -0.39 is 0 Å². The van der Waals surface area contributed by atoms with E-state index in [0.717, 1.165) is 24.6 Å². The van der Waals surface area contributed by atoms with Crippen molar-refractivity contribution in [2.24, 2.45) is 0 Å². The van der Waals surface area contributed by atoms with Gasteiger partial charge < -0.3 is 15.1 Å². The highest BCUT2D eigenvalue weighted by Gasteiger charge is 2.18. The number of rotatable bonds is 4. The third-order valence-electron chi connectivity index (χ3n) is 4.54. The molecule has 0 bridgehead atoms. The predicted octanol–water partition coefficient (Wildman–Crippen LogP) is 4.36. The van der Waals surface area contributed by atoms with Crippen molar-refractivity contribution in [2.45, 2.75) is 32.2 Å². The van der Waals surface area contributed by atoms with Gasteiger partial charge in [0.1, 0.15) is 5.82 Å². The second kappa shape index (κ2) is 7.66. The van der Waals surface area contributed by atoms with Crippen LogP contribution in [0.25, 0.3) is 0 Å². The maximum atomic E-state index is 12.4. The molecule has 1 aliphatic heterocycles. The lowest BCUT2D eigenvalue weighted by molar-refractivity contribution is 0.209. The molecular formula is C18H24N4OS. The number of carbonyl (C=O) groups excluding carboxylic acids is 1. The summed E-state index contributed by atoms with van der Waals surface area (Å²) < 4.78 is 0. The monoisotopic (exact) mass is 344 g/mol. The molecule has 2 amide bonds. The summed E-state index contributed by atoms with van der Waals surface area (Å²) in [5.74, 6) is 0.994. The van der Waals surface area contributed by atoms with E-state index in [0.29, 0.717) is 0 Å². The molecule has 3 heterocycles. The molecule has 1 unspecified atom stereocenters. The van der Waals surface area contributed by atoms with Crippen molar-refractivity contribution in [3.8, 4) is 0 Å². The van der Waals surface area contributed by atoms with Crippen LogP contribution in [-0.2, 0) is 0 Å². The van der Waals surface area contributed by atoms with Gasteiger partial charge in [0, 0.05) is 25.0 Å². The number of carbonyl (C=O) groups is 1. The average Bonchev–Trinajstić information content (AvgIpc) is 3.16. The fourth-order valence-electron chi connectivity index (χ4n) is 2.88. The molecule has 0 aliphatic carbocycles. The molecule has 128 valence electrons. The van der Waals surface area contributed by atoms with Gasteiger partial charge in [-0.15, -0.1) is 11.3 Å². The van der Waals surface area contributed by atoms with E-state index in [1.54, 1.807) is 22.4 Å². The first-order valence-corrected chi connectivity index (χ1v) is 9.31. The Morgan fingerprint density at radius 1 is 1.29 bits per heavy atom. The molecule has 24 heavy (non-hydrogen) atoms. The molecular weight excluding hydrogens is 320 g/mol. The zero-order valence-electron chi connectivity index (χ0n) is 14.2. The lowest BCUT2D eigenvalue weighted by atomic mass is 10.1. The van der Waals surface area contributed by atoms with Gasteiger partial charge in [0.2, 0.25) is 0 Å². The topological polar surface area (TPSA) is 48.5 Å². The predicted molar refractivity (Wildman–Crippen MR) is 99.8 cm³/mol. The van der Waals surface area contributed by atoms with Crippen LogP contribution in [-0.4, -0.2) is 36.1 Å². The molecule has 1 fully saturated rings. The third-order valence-corrected chi connectivity index (χ3v) is 5.58. The van der Waals surface area contributed by atoms with Crippen LogP contribution < -0.4 is 10.2 Å². The minimum absolute atomic E-state index is 0.0468. The zero-order chi connectivity index (χ0) is 16.9. The summed E-state index contributed by atoms with van der Waals surface area (Å²) in [7, 11) is 1.81. The summed E-state index contributed by atoms with van der Waals surface area (Å²) in [4.78, 5) is 22.1. The largest absolute Gasteiger partial charge is 0.357 e. The number of amides is 2. The molecule has 2 aromatic heterocycles. The van der Waals surface area contributed by atoms with Crippen LogP contribution in [0.1, 0.15) is 37.1 Å². The first-order chi connectivity index (χ1) is 11.6. The van der Waals surface area contributed by atoms with Gasteiger partial charge in [-0.05, 0) is 49.8 Å². The number of pyridine rings is 1. The standard InChI is InChI=1S/C18H24N4OS/c1-14(16-7-6-12-24-16)21(2)18(23)20-15-8-9-17(19-13-15)22-10-4-3-5-11-22/h6-9,12-14H,3-5,10-11H2,1-2H3,(H,20,23). The highest BCUT2D eigenvalue weighted by atomic mass is 32.1. The van der Waals surface area contributed by atoms with E-state index >= 15 is 0 Å². The van der Waals surface area contributed by atoms with Crippen molar-refractivity contribution in [1.82, 2.24) is 9.88 Å². The maximum Gasteiger partial charge on any atom is 0.322 e. The number of nitrogens with one attached hydrogen (secondary N) is 1. The highest BCUT2D eigenvalue weighted by molar-refractivity contribution is 7.10. The normalized spacial score (nSPS) is 15.8. The smallest absolute Gasteiger partial charge is 0.322 e. The van der Waals surface area contributed by atoms with Crippen LogP contribution in [0.2, 0.25) is 0 Å². The average molecular weight is 344 g/mol. The quantitative estimate of drug-likeness (QED) is 0.896. The molecule has 6 heteroatoms. The van der Waals surface area contributed by atoms with E-state index in [1.165, 1.54) is 24.1 Å². The number of hydrogen-bond donors (Lipinski definition) is 1. The maximum absolute atomic E-state index is 12.4. The number of aromatic nitrogens is 1.